The van der Waals surface area contributed by atoms with Gasteiger partial charge in [-0.25, -0.2) is 0 Å². The molecular weight excluding hydrogens is 184 g/mol. The first-order valence-electron chi connectivity index (χ1n) is 6.00. The van der Waals surface area contributed by atoms with Crippen molar-refractivity contribution in [2.45, 2.75) is 32.1 Å². The largest absolute Gasteiger partial charge is 0.330 e. The predicted octanol–water partition coefficient (Wildman–Crippen LogP) is 2.39. The third-order valence-corrected chi connectivity index (χ3v) is 3.57. The van der Waals surface area contributed by atoms with E-state index in [1.807, 2.05) is 12.3 Å². The average Bonchev–Trinajstić information content (AvgIpc) is 2.81. The van der Waals surface area contributed by atoms with Crippen LogP contribution in [0.2, 0.25) is 0 Å². The maximum Gasteiger partial charge on any atom is 0.0406 e. The Morgan fingerprint density at radius 3 is 2.73 bits per heavy atom. The highest BCUT2D eigenvalue weighted by atomic mass is 14.7. The summed E-state index contributed by atoms with van der Waals surface area (Å²) in [7, 11) is 0. The summed E-state index contributed by atoms with van der Waals surface area (Å²) < 4.78 is 0. The standard InChI is InChI=1S/C13H20N2/c14-10-12(11-5-1-2-6-11)9-13-7-3-4-8-15-13/h3-4,7-8,11-12H,1-2,5-6,9-10,14H2. The van der Waals surface area contributed by atoms with Gasteiger partial charge in [-0.2, -0.15) is 0 Å². The molecule has 0 aliphatic heterocycles. The molecule has 2 rings (SSSR count). The Morgan fingerprint density at radius 2 is 2.13 bits per heavy atom. The summed E-state index contributed by atoms with van der Waals surface area (Å²) in [5.74, 6) is 1.49. The number of rotatable bonds is 4. The lowest BCUT2D eigenvalue weighted by Gasteiger charge is -2.21. The third kappa shape index (κ3) is 2.78. The van der Waals surface area contributed by atoms with Gasteiger partial charge in [0.2, 0.25) is 0 Å². The second kappa shape index (κ2) is 5.26. The first-order chi connectivity index (χ1) is 7.40. The van der Waals surface area contributed by atoms with Crippen molar-refractivity contribution in [1.29, 1.82) is 0 Å². The van der Waals surface area contributed by atoms with Crippen LogP contribution < -0.4 is 5.73 Å². The maximum absolute atomic E-state index is 5.87. The van der Waals surface area contributed by atoms with Gasteiger partial charge in [-0.15, -0.1) is 0 Å². The predicted molar refractivity (Wildman–Crippen MR) is 62.4 cm³/mol. The van der Waals surface area contributed by atoms with Crippen molar-refractivity contribution in [2.24, 2.45) is 17.6 Å². The van der Waals surface area contributed by atoms with E-state index < -0.39 is 0 Å². The van der Waals surface area contributed by atoms with Gasteiger partial charge in [0.25, 0.3) is 0 Å². The van der Waals surface area contributed by atoms with Crippen molar-refractivity contribution >= 4 is 0 Å². The number of aromatic nitrogens is 1. The van der Waals surface area contributed by atoms with E-state index >= 15 is 0 Å². The first-order valence-corrected chi connectivity index (χ1v) is 6.00. The molecule has 1 aromatic heterocycles. The molecule has 0 saturated heterocycles. The van der Waals surface area contributed by atoms with Crippen LogP contribution >= 0.6 is 0 Å². The Balaban J connectivity index is 1.96. The van der Waals surface area contributed by atoms with Crippen molar-refractivity contribution in [3.05, 3.63) is 30.1 Å². The molecule has 2 N–H and O–H groups in total. The first kappa shape index (κ1) is 10.6. The van der Waals surface area contributed by atoms with Gasteiger partial charge in [-0.1, -0.05) is 31.7 Å². The molecule has 2 heteroatoms. The van der Waals surface area contributed by atoms with Crippen LogP contribution in [0, 0.1) is 11.8 Å². The smallest absolute Gasteiger partial charge is 0.0406 e. The summed E-state index contributed by atoms with van der Waals surface area (Å²) in [4.78, 5) is 4.38. The molecule has 1 aromatic rings. The van der Waals surface area contributed by atoms with Crippen LogP contribution in [0.1, 0.15) is 31.4 Å². The average molecular weight is 204 g/mol. The normalized spacial score (nSPS) is 19.3. The molecule has 2 nitrogen and oxygen atoms in total. The summed E-state index contributed by atoms with van der Waals surface area (Å²) >= 11 is 0. The maximum atomic E-state index is 5.87. The topological polar surface area (TPSA) is 38.9 Å². The monoisotopic (exact) mass is 204 g/mol. The molecule has 1 fully saturated rings. The van der Waals surface area contributed by atoms with E-state index in [9.17, 15) is 0 Å². The molecule has 1 aliphatic rings. The Labute approximate surface area is 91.9 Å². The molecular formula is C13H20N2. The van der Waals surface area contributed by atoms with E-state index in [-0.39, 0.29) is 0 Å². The quantitative estimate of drug-likeness (QED) is 0.818. The van der Waals surface area contributed by atoms with Gasteiger partial charge in [0, 0.05) is 11.9 Å². The van der Waals surface area contributed by atoms with Crippen LogP contribution in [0.3, 0.4) is 0 Å². The Bertz CT molecular complexity index is 278. The number of hydrogen-bond donors (Lipinski definition) is 1. The van der Waals surface area contributed by atoms with Crippen LogP contribution in [0.25, 0.3) is 0 Å². The zero-order valence-electron chi connectivity index (χ0n) is 9.23. The van der Waals surface area contributed by atoms with E-state index in [0.717, 1.165) is 18.9 Å². The number of hydrogen-bond acceptors (Lipinski definition) is 2. The minimum atomic E-state index is 0.641. The Morgan fingerprint density at radius 1 is 1.33 bits per heavy atom. The zero-order chi connectivity index (χ0) is 10.5. The molecule has 0 bridgehead atoms. The number of nitrogens with zero attached hydrogens (tertiary/aromatic N) is 1. The lowest BCUT2D eigenvalue weighted by atomic mass is 9.87. The van der Waals surface area contributed by atoms with Crippen molar-refractivity contribution in [2.75, 3.05) is 6.54 Å². The fourth-order valence-electron chi connectivity index (χ4n) is 2.66. The molecule has 0 radical (unpaired) electrons. The molecule has 0 aromatic carbocycles. The third-order valence-electron chi connectivity index (χ3n) is 3.57. The van der Waals surface area contributed by atoms with E-state index in [1.54, 1.807) is 0 Å². The Kier molecular flexibility index (Phi) is 3.73. The molecule has 15 heavy (non-hydrogen) atoms. The Hall–Kier alpha value is -0.890. The van der Waals surface area contributed by atoms with Gasteiger partial charge < -0.3 is 5.73 Å². The van der Waals surface area contributed by atoms with E-state index in [2.05, 4.69) is 17.1 Å². The van der Waals surface area contributed by atoms with E-state index in [1.165, 1.54) is 31.4 Å². The van der Waals surface area contributed by atoms with Gasteiger partial charge in [0.15, 0.2) is 0 Å². The summed E-state index contributed by atoms with van der Waals surface area (Å²) in [6.07, 6.45) is 8.45. The van der Waals surface area contributed by atoms with Crippen molar-refractivity contribution in [3.8, 4) is 0 Å². The fraction of sp³-hybridized carbons (Fsp3) is 0.615. The minimum Gasteiger partial charge on any atom is -0.330 e. The van der Waals surface area contributed by atoms with Crippen molar-refractivity contribution < 1.29 is 0 Å². The number of nitrogens with two attached hydrogens (primary N) is 1. The highest BCUT2D eigenvalue weighted by Gasteiger charge is 2.24. The molecule has 0 spiro atoms. The van der Waals surface area contributed by atoms with Crippen LogP contribution in [-0.4, -0.2) is 11.5 Å². The molecule has 1 aliphatic carbocycles. The van der Waals surface area contributed by atoms with Crippen LogP contribution in [0.4, 0.5) is 0 Å². The van der Waals surface area contributed by atoms with Gasteiger partial charge >= 0.3 is 0 Å². The fourth-order valence-corrected chi connectivity index (χ4v) is 2.66. The van der Waals surface area contributed by atoms with Crippen LogP contribution in [-0.2, 0) is 6.42 Å². The second-order valence-corrected chi connectivity index (χ2v) is 4.57. The summed E-state index contributed by atoms with van der Waals surface area (Å²) in [6.45, 7) is 0.807. The summed E-state index contributed by atoms with van der Waals surface area (Å²) in [5, 5.41) is 0. The van der Waals surface area contributed by atoms with E-state index in [0.29, 0.717) is 5.92 Å². The molecule has 1 heterocycles. The van der Waals surface area contributed by atoms with Gasteiger partial charge in [0.05, 0.1) is 0 Å². The highest BCUT2D eigenvalue weighted by molar-refractivity contribution is 5.05. The second-order valence-electron chi connectivity index (χ2n) is 4.57. The van der Waals surface area contributed by atoms with Gasteiger partial charge in [-0.3, -0.25) is 4.98 Å². The minimum absolute atomic E-state index is 0.641. The number of pyridine rings is 1. The van der Waals surface area contributed by atoms with Crippen molar-refractivity contribution in [3.63, 3.8) is 0 Å². The molecule has 0 amide bonds. The highest BCUT2D eigenvalue weighted by Crippen LogP contribution is 2.32. The molecule has 1 unspecified atom stereocenters. The van der Waals surface area contributed by atoms with Crippen molar-refractivity contribution in [1.82, 2.24) is 4.98 Å². The van der Waals surface area contributed by atoms with E-state index in [4.69, 9.17) is 5.73 Å². The van der Waals surface area contributed by atoms with Gasteiger partial charge in [-0.05, 0) is 36.9 Å². The molecule has 82 valence electrons. The molecule has 1 saturated carbocycles. The lowest BCUT2D eigenvalue weighted by Crippen LogP contribution is -2.24. The lowest BCUT2D eigenvalue weighted by molar-refractivity contribution is 0.342. The van der Waals surface area contributed by atoms with Crippen LogP contribution in [0.5, 0.6) is 0 Å². The SMILES string of the molecule is NCC(Cc1ccccn1)C1CCCC1. The van der Waals surface area contributed by atoms with Crippen LogP contribution in [0.15, 0.2) is 24.4 Å². The zero-order valence-corrected chi connectivity index (χ0v) is 9.23. The van der Waals surface area contributed by atoms with Gasteiger partial charge in [0.1, 0.15) is 0 Å². The summed E-state index contributed by atoms with van der Waals surface area (Å²) in [5.41, 5.74) is 7.07. The summed E-state index contributed by atoms with van der Waals surface area (Å²) in [6, 6.07) is 6.14. The molecule has 1 atom stereocenters.